The number of nitrogens with zero attached hydrogens (tertiary/aromatic N) is 2. The van der Waals surface area contributed by atoms with E-state index in [0.717, 1.165) is 11.1 Å². The van der Waals surface area contributed by atoms with E-state index in [1.54, 1.807) is 6.07 Å². The molecule has 2 aromatic heterocycles. The molecule has 0 saturated heterocycles. The first kappa shape index (κ1) is 15.5. The third-order valence-electron chi connectivity index (χ3n) is 3.93. The fourth-order valence-electron chi connectivity index (χ4n) is 3.03. The van der Waals surface area contributed by atoms with Crippen molar-refractivity contribution in [3.05, 3.63) is 86.4 Å². The van der Waals surface area contributed by atoms with Crippen LogP contribution in [0.15, 0.2) is 48.7 Å². The Morgan fingerprint density at radius 1 is 1.30 bits per heavy atom. The van der Waals surface area contributed by atoms with Gasteiger partial charge < -0.3 is 4.40 Å². The highest BCUT2D eigenvalue weighted by atomic mass is 35.5. The lowest BCUT2D eigenvalue weighted by molar-refractivity contribution is -0.482. The Balaban J connectivity index is 2.28. The van der Waals surface area contributed by atoms with Crippen molar-refractivity contribution >= 4 is 17.1 Å². The van der Waals surface area contributed by atoms with Crippen LogP contribution in [0.25, 0.3) is 5.52 Å². The highest BCUT2D eigenvalue weighted by Crippen LogP contribution is 2.35. The number of pyridine rings is 1. The van der Waals surface area contributed by atoms with Gasteiger partial charge in [-0.3, -0.25) is 10.1 Å². The lowest BCUT2D eigenvalue weighted by Gasteiger charge is -2.17. The van der Waals surface area contributed by atoms with Crippen molar-refractivity contribution in [1.29, 1.82) is 0 Å². The molecule has 118 valence electrons. The standard InChI is InChI=1S/C17H14ClFN2O2/c1-11-9-12-5-2-3-8-20(12)17(11)13(10-21(22)23)16-14(18)6-4-7-15(16)19/h2-9,13H,10H2,1H3/t13-/m0/s1. The number of halogens is 2. The van der Waals surface area contributed by atoms with Crippen LogP contribution in [0, 0.1) is 22.9 Å². The minimum Gasteiger partial charge on any atom is -0.320 e. The Morgan fingerprint density at radius 3 is 2.78 bits per heavy atom. The predicted molar refractivity (Wildman–Crippen MR) is 87.2 cm³/mol. The van der Waals surface area contributed by atoms with Crippen LogP contribution in [0.4, 0.5) is 4.39 Å². The molecule has 0 amide bonds. The summed E-state index contributed by atoms with van der Waals surface area (Å²) in [5, 5.41) is 11.4. The summed E-state index contributed by atoms with van der Waals surface area (Å²) < 4.78 is 16.2. The molecule has 0 N–H and O–H groups in total. The first-order valence-electron chi connectivity index (χ1n) is 7.11. The van der Waals surface area contributed by atoms with Crippen LogP contribution < -0.4 is 0 Å². The third-order valence-corrected chi connectivity index (χ3v) is 4.26. The van der Waals surface area contributed by atoms with E-state index in [1.165, 1.54) is 12.1 Å². The number of rotatable bonds is 4. The molecule has 0 spiro atoms. The number of hydrogen-bond acceptors (Lipinski definition) is 2. The maximum atomic E-state index is 14.4. The topological polar surface area (TPSA) is 47.5 Å². The van der Waals surface area contributed by atoms with Crippen molar-refractivity contribution < 1.29 is 9.31 Å². The van der Waals surface area contributed by atoms with Crippen LogP contribution in [0.1, 0.15) is 22.7 Å². The van der Waals surface area contributed by atoms with Crippen molar-refractivity contribution in [2.45, 2.75) is 12.8 Å². The number of hydrogen-bond donors (Lipinski definition) is 0. The van der Waals surface area contributed by atoms with Gasteiger partial charge in [0.1, 0.15) is 5.82 Å². The average Bonchev–Trinajstić information content (AvgIpc) is 2.81. The molecule has 3 rings (SSSR count). The Bertz CT molecular complexity index is 871. The molecule has 23 heavy (non-hydrogen) atoms. The first-order valence-corrected chi connectivity index (χ1v) is 7.49. The molecule has 0 fully saturated rings. The molecule has 2 heterocycles. The van der Waals surface area contributed by atoms with E-state index in [-0.39, 0.29) is 10.6 Å². The van der Waals surface area contributed by atoms with Gasteiger partial charge in [0.25, 0.3) is 0 Å². The van der Waals surface area contributed by atoms with Gasteiger partial charge in [-0.25, -0.2) is 4.39 Å². The molecule has 4 nitrogen and oxygen atoms in total. The van der Waals surface area contributed by atoms with Gasteiger partial charge in [0.05, 0.1) is 5.92 Å². The summed E-state index contributed by atoms with van der Waals surface area (Å²) in [5.74, 6) is -1.29. The Hall–Kier alpha value is -2.40. The molecule has 0 aliphatic heterocycles. The Morgan fingerprint density at radius 2 is 2.09 bits per heavy atom. The second-order valence-corrected chi connectivity index (χ2v) is 5.82. The molecular formula is C17H14ClFN2O2. The molecule has 0 aliphatic carbocycles. The van der Waals surface area contributed by atoms with E-state index in [2.05, 4.69) is 0 Å². The summed E-state index contributed by atoms with van der Waals surface area (Å²) in [6.45, 7) is 1.44. The van der Waals surface area contributed by atoms with Crippen molar-refractivity contribution in [3.63, 3.8) is 0 Å². The molecule has 1 atom stereocenters. The van der Waals surface area contributed by atoms with Gasteiger partial charge in [-0.15, -0.1) is 0 Å². The van der Waals surface area contributed by atoms with Gasteiger partial charge in [0.15, 0.2) is 0 Å². The highest BCUT2D eigenvalue weighted by Gasteiger charge is 2.29. The molecule has 1 aromatic carbocycles. The zero-order valence-electron chi connectivity index (χ0n) is 12.4. The highest BCUT2D eigenvalue weighted by molar-refractivity contribution is 6.31. The van der Waals surface area contributed by atoms with Crippen molar-refractivity contribution in [2.75, 3.05) is 6.54 Å². The quantitative estimate of drug-likeness (QED) is 0.523. The molecular weight excluding hydrogens is 319 g/mol. The maximum Gasteiger partial charge on any atom is 0.216 e. The van der Waals surface area contributed by atoms with Crippen molar-refractivity contribution in [1.82, 2.24) is 4.40 Å². The maximum absolute atomic E-state index is 14.4. The number of benzene rings is 1. The Kier molecular flexibility index (Phi) is 4.05. The summed E-state index contributed by atoms with van der Waals surface area (Å²) in [5.41, 5.74) is 2.62. The molecule has 0 radical (unpaired) electrons. The van der Waals surface area contributed by atoms with Crippen LogP contribution in [-0.2, 0) is 0 Å². The summed E-state index contributed by atoms with van der Waals surface area (Å²) in [6, 6.07) is 11.9. The fraction of sp³-hybridized carbons (Fsp3) is 0.176. The fourth-order valence-corrected chi connectivity index (χ4v) is 3.32. The minimum atomic E-state index is -0.761. The van der Waals surface area contributed by atoms with E-state index in [0.29, 0.717) is 5.69 Å². The molecule has 6 heteroatoms. The smallest absolute Gasteiger partial charge is 0.216 e. The molecule has 0 unspecified atom stereocenters. The van der Waals surface area contributed by atoms with Crippen LogP contribution >= 0.6 is 11.6 Å². The van der Waals surface area contributed by atoms with Gasteiger partial charge in [-0.1, -0.05) is 23.7 Å². The second kappa shape index (κ2) is 6.01. The van der Waals surface area contributed by atoms with Gasteiger partial charge in [-0.05, 0) is 42.8 Å². The summed E-state index contributed by atoms with van der Waals surface area (Å²) in [4.78, 5) is 10.7. The van der Waals surface area contributed by atoms with Crippen LogP contribution in [0.5, 0.6) is 0 Å². The van der Waals surface area contributed by atoms with E-state index >= 15 is 0 Å². The molecule has 0 aliphatic rings. The van der Waals surface area contributed by atoms with Gasteiger partial charge in [0, 0.05) is 32.9 Å². The lowest BCUT2D eigenvalue weighted by atomic mass is 9.93. The summed E-state index contributed by atoms with van der Waals surface area (Å²) in [7, 11) is 0. The molecule has 0 saturated carbocycles. The van der Waals surface area contributed by atoms with Gasteiger partial charge in [-0.2, -0.15) is 0 Å². The van der Waals surface area contributed by atoms with Crippen LogP contribution in [0.3, 0.4) is 0 Å². The van der Waals surface area contributed by atoms with Crippen molar-refractivity contribution in [3.8, 4) is 0 Å². The van der Waals surface area contributed by atoms with E-state index in [9.17, 15) is 14.5 Å². The zero-order valence-corrected chi connectivity index (χ0v) is 13.1. The van der Waals surface area contributed by atoms with E-state index in [4.69, 9.17) is 11.6 Å². The van der Waals surface area contributed by atoms with Gasteiger partial charge >= 0.3 is 0 Å². The van der Waals surface area contributed by atoms with E-state index < -0.39 is 23.2 Å². The normalized spacial score (nSPS) is 12.5. The monoisotopic (exact) mass is 332 g/mol. The van der Waals surface area contributed by atoms with E-state index in [1.807, 2.05) is 41.8 Å². The van der Waals surface area contributed by atoms with Crippen molar-refractivity contribution in [2.24, 2.45) is 0 Å². The minimum absolute atomic E-state index is 0.165. The predicted octanol–water partition coefficient (Wildman–Crippen LogP) is 4.45. The average molecular weight is 333 g/mol. The zero-order chi connectivity index (χ0) is 16.6. The largest absolute Gasteiger partial charge is 0.320 e. The van der Waals surface area contributed by atoms with Gasteiger partial charge in [0.2, 0.25) is 6.54 Å². The number of nitro groups is 1. The van der Waals surface area contributed by atoms with Crippen LogP contribution in [-0.4, -0.2) is 15.9 Å². The third kappa shape index (κ3) is 2.80. The number of fused-ring (bicyclic) bond motifs is 1. The molecule has 3 aromatic rings. The van der Waals surface area contributed by atoms with Crippen LogP contribution in [0.2, 0.25) is 5.02 Å². The first-order chi connectivity index (χ1) is 11.0. The summed E-state index contributed by atoms with van der Waals surface area (Å²) in [6.07, 6.45) is 1.82. The lowest BCUT2D eigenvalue weighted by Crippen LogP contribution is -2.18. The number of aromatic nitrogens is 1. The molecule has 0 bridgehead atoms. The second-order valence-electron chi connectivity index (χ2n) is 5.41. The number of aryl methyl sites for hydroxylation is 1. The summed E-state index contributed by atoms with van der Waals surface area (Å²) >= 11 is 6.16. The Labute approximate surface area is 137 Å². The SMILES string of the molecule is Cc1cc2ccccn2c1[C@@H](C[N+](=O)[O-])c1c(F)cccc1Cl.